The summed E-state index contributed by atoms with van der Waals surface area (Å²) in [6, 6.07) is 3.41. The fourth-order valence-electron chi connectivity index (χ4n) is 1.63. The maximum atomic E-state index is 13.4. The molecule has 14 heavy (non-hydrogen) atoms. The van der Waals surface area contributed by atoms with Crippen molar-refractivity contribution in [3.63, 3.8) is 0 Å². The van der Waals surface area contributed by atoms with Gasteiger partial charge in [-0.15, -0.1) is 11.3 Å². The van der Waals surface area contributed by atoms with Gasteiger partial charge in [-0.25, -0.2) is 4.39 Å². The zero-order valence-electron chi connectivity index (χ0n) is 7.81. The summed E-state index contributed by atoms with van der Waals surface area (Å²) in [4.78, 5) is 0. The third-order valence-electron chi connectivity index (χ3n) is 2.36. The first-order chi connectivity index (χ1) is 6.77. The van der Waals surface area contributed by atoms with Crippen molar-refractivity contribution in [1.29, 1.82) is 0 Å². The smallest absolute Gasteiger partial charge is 0.141 e. The van der Waals surface area contributed by atoms with Gasteiger partial charge in [0.1, 0.15) is 5.82 Å². The lowest BCUT2D eigenvalue weighted by atomic mass is 10.1. The molecule has 0 unspecified atom stereocenters. The van der Waals surface area contributed by atoms with Gasteiger partial charge in [0.05, 0.1) is 4.70 Å². The van der Waals surface area contributed by atoms with Crippen LogP contribution in [0.4, 0.5) is 4.39 Å². The first-order valence-corrected chi connectivity index (χ1v) is 6.51. The van der Waals surface area contributed by atoms with E-state index in [1.54, 1.807) is 6.07 Å². The van der Waals surface area contributed by atoms with Crippen molar-refractivity contribution in [2.24, 2.45) is 0 Å². The number of aryl methyl sites for hydroxylation is 1. The van der Waals surface area contributed by atoms with Crippen molar-refractivity contribution < 1.29 is 4.39 Å². The Balaban J connectivity index is 2.82. The van der Waals surface area contributed by atoms with Crippen molar-refractivity contribution in [2.75, 3.05) is 0 Å². The van der Waals surface area contributed by atoms with Crippen molar-refractivity contribution in [1.82, 2.24) is 0 Å². The van der Waals surface area contributed by atoms with E-state index in [2.05, 4.69) is 28.2 Å². The highest BCUT2D eigenvalue weighted by atomic mass is 79.9. The van der Waals surface area contributed by atoms with Crippen LogP contribution in [0, 0.1) is 5.82 Å². The second kappa shape index (κ2) is 3.99. The number of hydrogen-bond acceptors (Lipinski definition) is 1. The zero-order valence-corrected chi connectivity index (χ0v) is 10.2. The van der Waals surface area contributed by atoms with Crippen LogP contribution in [0.3, 0.4) is 0 Å². The standard InChI is InChI=1S/C11H10BrFS/c1-2-7-6-14-11-9(13)4-3-8(5-12)10(7)11/h3-4,6H,2,5H2,1H3. The maximum Gasteiger partial charge on any atom is 0.141 e. The van der Waals surface area contributed by atoms with Crippen molar-refractivity contribution in [2.45, 2.75) is 18.7 Å². The molecule has 1 aromatic heterocycles. The van der Waals surface area contributed by atoms with Crippen molar-refractivity contribution in [3.05, 3.63) is 34.5 Å². The van der Waals surface area contributed by atoms with Crippen LogP contribution < -0.4 is 0 Å². The summed E-state index contributed by atoms with van der Waals surface area (Å²) < 4.78 is 14.2. The number of hydrogen-bond donors (Lipinski definition) is 0. The monoisotopic (exact) mass is 272 g/mol. The van der Waals surface area contributed by atoms with Gasteiger partial charge in [-0.05, 0) is 29.0 Å². The number of halogens is 2. The second-order valence-electron chi connectivity index (χ2n) is 3.16. The van der Waals surface area contributed by atoms with E-state index in [4.69, 9.17) is 0 Å². The SMILES string of the molecule is CCc1csc2c(F)ccc(CBr)c12. The predicted molar refractivity (Wildman–Crippen MR) is 63.8 cm³/mol. The summed E-state index contributed by atoms with van der Waals surface area (Å²) in [7, 11) is 0. The Bertz CT molecular complexity index is 462. The van der Waals surface area contributed by atoms with Crippen molar-refractivity contribution in [3.8, 4) is 0 Å². The Morgan fingerprint density at radius 1 is 1.36 bits per heavy atom. The quantitative estimate of drug-likeness (QED) is 0.707. The average molecular weight is 273 g/mol. The minimum absolute atomic E-state index is 0.102. The zero-order chi connectivity index (χ0) is 10.1. The molecule has 0 atom stereocenters. The fourth-order valence-corrected chi connectivity index (χ4v) is 3.20. The van der Waals surface area contributed by atoms with Crippen LogP contribution in [0.15, 0.2) is 17.5 Å². The topological polar surface area (TPSA) is 0 Å². The van der Waals surface area contributed by atoms with Gasteiger partial charge in [-0.1, -0.05) is 28.9 Å². The lowest BCUT2D eigenvalue weighted by Gasteiger charge is -2.02. The molecule has 0 saturated heterocycles. The van der Waals surface area contributed by atoms with E-state index in [1.165, 1.54) is 22.5 Å². The first-order valence-electron chi connectivity index (χ1n) is 4.51. The van der Waals surface area contributed by atoms with E-state index in [0.29, 0.717) is 0 Å². The lowest BCUT2D eigenvalue weighted by Crippen LogP contribution is -1.85. The molecule has 2 rings (SSSR count). The highest BCUT2D eigenvalue weighted by Gasteiger charge is 2.10. The first kappa shape index (κ1) is 10.1. The largest absolute Gasteiger partial charge is 0.205 e. The highest BCUT2D eigenvalue weighted by Crippen LogP contribution is 2.32. The van der Waals surface area contributed by atoms with Gasteiger partial charge in [-0.2, -0.15) is 0 Å². The molecule has 0 fully saturated rings. The summed E-state index contributed by atoms with van der Waals surface area (Å²) in [5.41, 5.74) is 2.43. The van der Waals surface area contributed by atoms with Crippen LogP contribution in [-0.4, -0.2) is 0 Å². The van der Waals surface area contributed by atoms with E-state index in [1.807, 2.05) is 6.07 Å². The summed E-state index contributed by atoms with van der Waals surface area (Å²) in [6.45, 7) is 2.10. The van der Waals surface area contributed by atoms with Gasteiger partial charge < -0.3 is 0 Å². The van der Waals surface area contributed by atoms with Gasteiger partial charge >= 0.3 is 0 Å². The van der Waals surface area contributed by atoms with Crippen molar-refractivity contribution >= 4 is 37.4 Å². The van der Waals surface area contributed by atoms with Crippen LogP contribution in [0.5, 0.6) is 0 Å². The number of benzene rings is 1. The van der Waals surface area contributed by atoms with Crippen LogP contribution >= 0.6 is 27.3 Å². The van der Waals surface area contributed by atoms with E-state index in [0.717, 1.165) is 21.8 Å². The molecule has 0 saturated carbocycles. The van der Waals surface area contributed by atoms with E-state index in [-0.39, 0.29) is 5.82 Å². The van der Waals surface area contributed by atoms with Crippen LogP contribution in [0.2, 0.25) is 0 Å². The Morgan fingerprint density at radius 2 is 2.14 bits per heavy atom. The summed E-state index contributed by atoms with van der Waals surface area (Å²) in [5, 5.41) is 3.95. The summed E-state index contributed by atoms with van der Waals surface area (Å²) in [5.74, 6) is -0.102. The Morgan fingerprint density at radius 3 is 2.79 bits per heavy atom. The molecule has 0 bridgehead atoms. The number of rotatable bonds is 2. The molecule has 1 aromatic carbocycles. The Labute approximate surface area is 94.9 Å². The Hall–Kier alpha value is -0.410. The van der Waals surface area contributed by atoms with E-state index in [9.17, 15) is 4.39 Å². The molecule has 0 radical (unpaired) electrons. The molecule has 0 aliphatic carbocycles. The Kier molecular flexibility index (Phi) is 2.88. The average Bonchev–Trinajstić information content (AvgIpc) is 2.63. The molecular formula is C11H10BrFS. The molecule has 0 nitrogen and oxygen atoms in total. The highest BCUT2D eigenvalue weighted by molar-refractivity contribution is 9.08. The molecule has 0 aliphatic heterocycles. The van der Waals surface area contributed by atoms with Gasteiger partial charge in [0.2, 0.25) is 0 Å². The van der Waals surface area contributed by atoms with E-state index < -0.39 is 0 Å². The third-order valence-corrected chi connectivity index (χ3v) is 4.00. The van der Waals surface area contributed by atoms with Crippen LogP contribution in [-0.2, 0) is 11.8 Å². The van der Waals surface area contributed by atoms with Crippen LogP contribution in [0.1, 0.15) is 18.1 Å². The van der Waals surface area contributed by atoms with Gasteiger partial charge in [-0.3, -0.25) is 0 Å². The minimum atomic E-state index is -0.102. The van der Waals surface area contributed by atoms with Gasteiger partial charge in [0.15, 0.2) is 0 Å². The third kappa shape index (κ3) is 1.48. The molecular weight excluding hydrogens is 263 g/mol. The second-order valence-corrected chi connectivity index (χ2v) is 4.60. The number of alkyl halides is 1. The minimum Gasteiger partial charge on any atom is -0.205 e. The molecule has 0 spiro atoms. The van der Waals surface area contributed by atoms with Gasteiger partial charge in [0, 0.05) is 10.7 Å². The number of fused-ring (bicyclic) bond motifs is 1. The van der Waals surface area contributed by atoms with Crippen LogP contribution in [0.25, 0.3) is 10.1 Å². The molecule has 3 heteroatoms. The lowest BCUT2D eigenvalue weighted by molar-refractivity contribution is 0.641. The fraction of sp³-hybridized carbons (Fsp3) is 0.273. The molecule has 74 valence electrons. The number of thiophene rings is 1. The molecule has 0 amide bonds. The maximum absolute atomic E-state index is 13.4. The van der Waals surface area contributed by atoms with E-state index >= 15 is 0 Å². The molecule has 0 N–H and O–H groups in total. The summed E-state index contributed by atoms with van der Waals surface area (Å²) in [6.07, 6.45) is 0.962. The molecule has 0 aliphatic rings. The molecule has 1 heterocycles. The normalized spacial score (nSPS) is 11.1. The van der Waals surface area contributed by atoms with Gasteiger partial charge in [0.25, 0.3) is 0 Å². The molecule has 2 aromatic rings. The summed E-state index contributed by atoms with van der Waals surface area (Å²) >= 11 is 4.93. The predicted octanol–water partition coefficient (Wildman–Crippen LogP) is 4.50.